The zero-order chi connectivity index (χ0) is 17.8. The van der Waals surface area contributed by atoms with E-state index in [9.17, 15) is 13.2 Å². The molecule has 5 nitrogen and oxygen atoms in total. The fraction of sp³-hybridized carbons (Fsp3) is 0.588. The molecule has 0 radical (unpaired) electrons. The molecule has 0 saturated carbocycles. The Bertz CT molecular complexity index is 642. The van der Waals surface area contributed by atoms with Gasteiger partial charge in [0, 0.05) is 17.6 Å². The number of amides is 1. The highest BCUT2D eigenvalue weighted by molar-refractivity contribution is 7.92. The molecule has 138 valence electrons. The van der Waals surface area contributed by atoms with Crippen LogP contribution in [-0.4, -0.2) is 31.7 Å². The normalized spacial score (nSPS) is 14.2. The maximum absolute atomic E-state index is 12.4. The molecule has 1 rings (SSSR count). The standard InChI is InChI=1S/C17H28N2O3S.ClH/c1-12(2)10-17(5,11-18)19-16(20)14-6-8-15(9-7-14)23(21,22)13(3)4;/h6-9,12-13H,10-11,18H2,1-5H3,(H,19,20);1H. The van der Waals surface area contributed by atoms with Crippen molar-refractivity contribution >= 4 is 28.2 Å². The van der Waals surface area contributed by atoms with Gasteiger partial charge in [-0.2, -0.15) is 0 Å². The maximum atomic E-state index is 12.4. The molecule has 24 heavy (non-hydrogen) atoms. The third kappa shape index (κ3) is 5.76. The number of halogens is 1. The molecular weight excluding hydrogens is 348 g/mol. The van der Waals surface area contributed by atoms with Crippen LogP contribution in [0.5, 0.6) is 0 Å². The van der Waals surface area contributed by atoms with Crippen molar-refractivity contribution in [2.24, 2.45) is 11.7 Å². The molecule has 0 spiro atoms. The minimum absolute atomic E-state index is 0. The van der Waals surface area contributed by atoms with Crippen LogP contribution < -0.4 is 11.1 Å². The highest BCUT2D eigenvalue weighted by atomic mass is 35.5. The third-order valence-electron chi connectivity index (χ3n) is 3.79. The largest absolute Gasteiger partial charge is 0.346 e. The number of hydrogen-bond acceptors (Lipinski definition) is 4. The van der Waals surface area contributed by atoms with Crippen molar-refractivity contribution < 1.29 is 13.2 Å². The molecule has 0 aliphatic carbocycles. The molecule has 0 bridgehead atoms. The first-order chi connectivity index (χ1) is 10.5. The van der Waals surface area contributed by atoms with Gasteiger partial charge in [0.2, 0.25) is 0 Å². The van der Waals surface area contributed by atoms with Crippen LogP contribution in [0.1, 0.15) is 51.4 Å². The molecule has 0 aliphatic rings. The Hall–Kier alpha value is -1.11. The van der Waals surface area contributed by atoms with Crippen LogP contribution in [0.4, 0.5) is 0 Å². The summed E-state index contributed by atoms with van der Waals surface area (Å²) in [6.45, 7) is 9.68. The summed E-state index contributed by atoms with van der Waals surface area (Å²) < 4.78 is 24.2. The van der Waals surface area contributed by atoms with Gasteiger partial charge in [-0.25, -0.2) is 8.42 Å². The number of sulfone groups is 1. The summed E-state index contributed by atoms with van der Waals surface area (Å²) in [6.07, 6.45) is 0.773. The van der Waals surface area contributed by atoms with Crippen LogP contribution in [0.2, 0.25) is 0 Å². The topological polar surface area (TPSA) is 89.3 Å². The van der Waals surface area contributed by atoms with Gasteiger partial charge in [-0.3, -0.25) is 4.79 Å². The second-order valence-corrected chi connectivity index (χ2v) is 9.44. The summed E-state index contributed by atoms with van der Waals surface area (Å²) in [4.78, 5) is 12.6. The Balaban J connectivity index is 0.00000529. The number of carbonyl (C=O) groups is 1. The summed E-state index contributed by atoms with van der Waals surface area (Å²) in [5.74, 6) is 0.162. The molecule has 7 heteroatoms. The molecule has 1 atom stereocenters. The molecule has 0 aliphatic heterocycles. The monoisotopic (exact) mass is 376 g/mol. The zero-order valence-corrected chi connectivity index (χ0v) is 16.6. The van der Waals surface area contributed by atoms with Crippen molar-refractivity contribution in [3.63, 3.8) is 0 Å². The van der Waals surface area contributed by atoms with Crippen LogP contribution in [0.15, 0.2) is 29.2 Å². The molecule has 1 unspecified atom stereocenters. The first-order valence-electron chi connectivity index (χ1n) is 7.88. The average Bonchev–Trinajstić information content (AvgIpc) is 2.46. The Kier molecular flexibility index (Phi) is 8.42. The van der Waals surface area contributed by atoms with E-state index in [1.54, 1.807) is 13.8 Å². The van der Waals surface area contributed by atoms with Crippen LogP contribution in [-0.2, 0) is 9.84 Å². The minimum atomic E-state index is -3.33. The van der Waals surface area contributed by atoms with Gasteiger partial charge in [-0.05, 0) is 57.4 Å². The smallest absolute Gasteiger partial charge is 0.251 e. The number of carbonyl (C=O) groups excluding carboxylic acids is 1. The average molecular weight is 377 g/mol. The van der Waals surface area contributed by atoms with E-state index >= 15 is 0 Å². The summed E-state index contributed by atoms with van der Waals surface area (Å²) in [6, 6.07) is 6.03. The lowest BCUT2D eigenvalue weighted by molar-refractivity contribution is 0.0898. The molecule has 1 amide bonds. The first-order valence-corrected chi connectivity index (χ1v) is 9.43. The van der Waals surface area contributed by atoms with E-state index in [1.165, 1.54) is 24.3 Å². The summed E-state index contributed by atoms with van der Waals surface area (Å²) >= 11 is 0. The lowest BCUT2D eigenvalue weighted by Crippen LogP contribution is -2.52. The fourth-order valence-corrected chi connectivity index (χ4v) is 3.56. The quantitative estimate of drug-likeness (QED) is 0.765. The molecule has 0 aromatic heterocycles. The number of hydrogen-bond donors (Lipinski definition) is 2. The SMILES string of the molecule is CC(C)CC(C)(CN)NC(=O)c1ccc(S(=O)(=O)C(C)C)cc1.Cl. The van der Waals surface area contributed by atoms with Crippen molar-refractivity contribution in [2.75, 3.05) is 6.54 Å². The molecule has 1 aromatic carbocycles. The molecule has 0 saturated heterocycles. The lowest BCUT2D eigenvalue weighted by Gasteiger charge is -2.31. The summed E-state index contributed by atoms with van der Waals surface area (Å²) in [7, 11) is -3.33. The van der Waals surface area contributed by atoms with Crippen LogP contribution >= 0.6 is 12.4 Å². The van der Waals surface area contributed by atoms with Gasteiger partial charge >= 0.3 is 0 Å². The lowest BCUT2D eigenvalue weighted by atomic mass is 9.90. The molecule has 3 N–H and O–H groups in total. The van der Waals surface area contributed by atoms with Gasteiger partial charge in [0.1, 0.15) is 0 Å². The van der Waals surface area contributed by atoms with E-state index in [1.807, 2.05) is 6.92 Å². The van der Waals surface area contributed by atoms with E-state index in [0.717, 1.165) is 6.42 Å². The molecular formula is C17H29ClN2O3S. The number of benzene rings is 1. The van der Waals surface area contributed by atoms with Gasteiger partial charge in [0.15, 0.2) is 9.84 Å². The van der Waals surface area contributed by atoms with Gasteiger partial charge in [0.05, 0.1) is 10.1 Å². The van der Waals surface area contributed by atoms with Crippen LogP contribution in [0, 0.1) is 5.92 Å². The first kappa shape index (κ1) is 22.9. The summed E-state index contributed by atoms with van der Waals surface area (Å²) in [5, 5.41) is 2.47. The Labute approximate surface area is 151 Å². The molecule has 0 heterocycles. The second kappa shape index (κ2) is 8.83. The predicted octanol–water partition coefficient (Wildman–Crippen LogP) is 2.78. The van der Waals surface area contributed by atoms with Crippen molar-refractivity contribution in [2.45, 2.75) is 56.7 Å². The van der Waals surface area contributed by atoms with Gasteiger partial charge in [0.25, 0.3) is 5.91 Å². The van der Waals surface area contributed by atoms with Crippen molar-refractivity contribution in [3.05, 3.63) is 29.8 Å². The summed E-state index contributed by atoms with van der Waals surface area (Å²) in [5.41, 5.74) is 5.75. The van der Waals surface area contributed by atoms with Crippen molar-refractivity contribution in [1.82, 2.24) is 5.32 Å². The van der Waals surface area contributed by atoms with Gasteiger partial charge in [-0.1, -0.05) is 13.8 Å². The third-order valence-corrected chi connectivity index (χ3v) is 5.96. The fourth-order valence-electron chi connectivity index (χ4n) is 2.50. The minimum Gasteiger partial charge on any atom is -0.346 e. The van der Waals surface area contributed by atoms with E-state index in [2.05, 4.69) is 19.2 Å². The van der Waals surface area contributed by atoms with E-state index in [-0.39, 0.29) is 23.2 Å². The molecule has 0 fully saturated rings. The van der Waals surface area contributed by atoms with E-state index in [0.29, 0.717) is 18.0 Å². The zero-order valence-electron chi connectivity index (χ0n) is 15.0. The van der Waals surface area contributed by atoms with Gasteiger partial charge in [-0.15, -0.1) is 12.4 Å². The van der Waals surface area contributed by atoms with Crippen LogP contribution in [0.25, 0.3) is 0 Å². The number of rotatable bonds is 7. The highest BCUT2D eigenvalue weighted by Gasteiger charge is 2.26. The highest BCUT2D eigenvalue weighted by Crippen LogP contribution is 2.19. The second-order valence-electron chi connectivity index (χ2n) is 6.94. The van der Waals surface area contributed by atoms with Gasteiger partial charge < -0.3 is 11.1 Å². The Morgan fingerprint density at radius 2 is 1.67 bits per heavy atom. The number of nitrogens with one attached hydrogen (secondary N) is 1. The number of nitrogens with two attached hydrogens (primary N) is 1. The Morgan fingerprint density at radius 1 is 1.17 bits per heavy atom. The molecule has 1 aromatic rings. The van der Waals surface area contributed by atoms with E-state index in [4.69, 9.17) is 5.73 Å². The maximum Gasteiger partial charge on any atom is 0.251 e. The van der Waals surface area contributed by atoms with Crippen molar-refractivity contribution in [3.8, 4) is 0 Å². The Morgan fingerprint density at radius 3 is 2.04 bits per heavy atom. The van der Waals surface area contributed by atoms with Crippen molar-refractivity contribution in [1.29, 1.82) is 0 Å². The van der Waals surface area contributed by atoms with Crippen LogP contribution in [0.3, 0.4) is 0 Å². The van der Waals surface area contributed by atoms with E-state index < -0.39 is 20.6 Å². The predicted molar refractivity (Wildman–Crippen MR) is 100 cm³/mol.